The molecule has 2 N–H and O–H groups in total. The molecule has 0 bridgehead atoms. The monoisotopic (exact) mass is 343 g/mol. The highest BCUT2D eigenvalue weighted by Crippen LogP contribution is 2.12. The number of carbonyl (C=O) groups excluding carboxylic acids is 2. The first-order valence-corrected chi connectivity index (χ1v) is 7.65. The average Bonchev–Trinajstić information content (AvgIpc) is 2.56. The number of nitrogens with one attached hydrogen (secondary N) is 2. The van der Waals surface area contributed by atoms with Crippen molar-refractivity contribution in [1.82, 2.24) is 15.8 Å². The van der Waals surface area contributed by atoms with Crippen LogP contribution in [0.25, 0.3) is 6.08 Å². The van der Waals surface area contributed by atoms with Crippen LogP contribution < -0.4 is 10.7 Å². The second kappa shape index (κ2) is 8.29. The van der Waals surface area contributed by atoms with Crippen LogP contribution in [0.3, 0.4) is 0 Å². The van der Waals surface area contributed by atoms with E-state index < -0.39 is 5.91 Å². The Morgan fingerprint density at radius 1 is 1.00 bits per heavy atom. The van der Waals surface area contributed by atoms with Crippen molar-refractivity contribution in [3.8, 4) is 0 Å². The van der Waals surface area contributed by atoms with E-state index in [0.717, 1.165) is 5.56 Å². The summed E-state index contributed by atoms with van der Waals surface area (Å²) in [5.74, 6) is -0.774. The minimum absolute atomic E-state index is 0.139. The zero-order valence-corrected chi connectivity index (χ0v) is 14.2. The lowest BCUT2D eigenvalue weighted by Gasteiger charge is -2.15. The molecule has 0 radical (unpaired) electrons. The summed E-state index contributed by atoms with van der Waals surface area (Å²) in [6.45, 7) is 0. The Hall–Kier alpha value is -2.63. The van der Waals surface area contributed by atoms with Crippen molar-refractivity contribution in [3.05, 3.63) is 76.4 Å². The molecule has 0 aliphatic carbocycles. The maximum absolute atomic E-state index is 12.3. The maximum Gasteiger partial charge on any atom is 0.282 e. The van der Waals surface area contributed by atoms with Crippen LogP contribution in [-0.4, -0.2) is 30.9 Å². The van der Waals surface area contributed by atoms with E-state index in [2.05, 4.69) is 10.7 Å². The highest BCUT2D eigenvalue weighted by atomic mass is 35.5. The highest BCUT2D eigenvalue weighted by Gasteiger charge is 2.15. The molecule has 2 rings (SSSR count). The molecule has 0 aromatic heterocycles. The lowest BCUT2D eigenvalue weighted by Crippen LogP contribution is -2.41. The summed E-state index contributed by atoms with van der Waals surface area (Å²) in [6, 6.07) is 15.7. The molecule has 2 aromatic carbocycles. The predicted molar refractivity (Wildman–Crippen MR) is 95.2 cm³/mol. The molecule has 0 fully saturated rings. The van der Waals surface area contributed by atoms with Gasteiger partial charge < -0.3 is 5.32 Å². The van der Waals surface area contributed by atoms with Gasteiger partial charge in [0, 0.05) is 24.7 Å². The summed E-state index contributed by atoms with van der Waals surface area (Å²) >= 11 is 5.87. The van der Waals surface area contributed by atoms with Gasteiger partial charge >= 0.3 is 0 Å². The van der Waals surface area contributed by atoms with Gasteiger partial charge in [-0.05, 0) is 35.9 Å². The Balaban J connectivity index is 2.27. The van der Waals surface area contributed by atoms with Gasteiger partial charge in [0.2, 0.25) is 0 Å². The average molecular weight is 344 g/mol. The van der Waals surface area contributed by atoms with Crippen molar-refractivity contribution in [3.63, 3.8) is 0 Å². The summed E-state index contributed by atoms with van der Waals surface area (Å²) < 4.78 is 0. The number of hydrazine groups is 1. The van der Waals surface area contributed by atoms with Gasteiger partial charge in [-0.2, -0.15) is 0 Å². The van der Waals surface area contributed by atoms with E-state index in [4.69, 9.17) is 11.6 Å². The molecule has 0 aliphatic heterocycles. The number of amides is 2. The largest absolute Gasteiger partial charge is 0.317 e. The molecule has 5 nitrogen and oxygen atoms in total. The summed E-state index contributed by atoms with van der Waals surface area (Å²) in [7, 11) is 3.38. The topological polar surface area (TPSA) is 61.4 Å². The Morgan fingerprint density at radius 2 is 1.62 bits per heavy atom. The van der Waals surface area contributed by atoms with Crippen LogP contribution in [0.15, 0.2) is 60.3 Å². The zero-order valence-electron chi connectivity index (χ0n) is 13.4. The fraction of sp³-hybridized carbons (Fsp3) is 0.111. The number of carbonyl (C=O) groups is 2. The van der Waals surface area contributed by atoms with Crippen LogP contribution in [0.1, 0.15) is 15.9 Å². The summed E-state index contributed by atoms with van der Waals surface area (Å²) in [6.07, 6.45) is 1.59. The fourth-order valence-electron chi connectivity index (χ4n) is 1.93. The molecule has 0 saturated heterocycles. The third kappa shape index (κ3) is 5.22. The second-order valence-corrected chi connectivity index (χ2v) is 5.70. The van der Waals surface area contributed by atoms with Crippen molar-refractivity contribution in [2.24, 2.45) is 0 Å². The van der Waals surface area contributed by atoms with E-state index in [1.165, 1.54) is 5.01 Å². The van der Waals surface area contributed by atoms with Crippen molar-refractivity contribution in [2.75, 3.05) is 14.1 Å². The molecule has 2 aromatic rings. The van der Waals surface area contributed by atoms with E-state index in [1.54, 1.807) is 68.7 Å². The summed E-state index contributed by atoms with van der Waals surface area (Å²) in [4.78, 5) is 24.7. The first-order valence-electron chi connectivity index (χ1n) is 7.27. The highest BCUT2D eigenvalue weighted by molar-refractivity contribution is 6.30. The number of nitrogens with zero attached hydrogens (tertiary/aromatic N) is 1. The van der Waals surface area contributed by atoms with Crippen molar-refractivity contribution in [2.45, 2.75) is 0 Å². The number of hydrogen-bond acceptors (Lipinski definition) is 3. The Morgan fingerprint density at radius 3 is 2.21 bits per heavy atom. The molecular weight excluding hydrogens is 326 g/mol. The molecule has 6 heteroatoms. The van der Waals surface area contributed by atoms with Crippen molar-refractivity contribution >= 4 is 29.5 Å². The summed E-state index contributed by atoms with van der Waals surface area (Å²) in [5, 5.41) is 4.76. The van der Waals surface area contributed by atoms with Gasteiger partial charge in [-0.15, -0.1) is 0 Å². The lowest BCUT2D eigenvalue weighted by atomic mass is 10.1. The molecule has 0 spiro atoms. The zero-order chi connectivity index (χ0) is 17.5. The fourth-order valence-corrected chi connectivity index (χ4v) is 2.06. The molecule has 0 heterocycles. The molecule has 0 unspecified atom stereocenters. The van der Waals surface area contributed by atoms with E-state index in [-0.39, 0.29) is 11.6 Å². The number of rotatable bonds is 5. The van der Waals surface area contributed by atoms with E-state index in [1.807, 2.05) is 6.07 Å². The maximum atomic E-state index is 12.3. The second-order valence-electron chi connectivity index (χ2n) is 5.27. The Kier molecular flexibility index (Phi) is 6.12. The minimum Gasteiger partial charge on any atom is -0.317 e. The smallest absolute Gasteiger partial charge is 0.282 e. The Labute approximate surface area is 145 Å². The SMILES string of the molecule is CN(C)NC(=O)/C(=C/c1ccc(Cl)cc1)NC(=O)c1ccccc1. The van der Waals surface area contributed by atoms with Gasteiger partial charge in [-0.3, -0.25) is 15.0 Å². The summed E-state index contributed by atoms with van der Waals surface area (Å²) in [5.41, 5.74) is 3.97. The number of hydrogen-bond donors (Lipinski definition) is 2. The van der Waals surface area contributed by atoms with Gasteiger partial charge in [0.05, 0.1) is 0 Å². The van der Waals surface area contributed by atoms with Gasteiger partial charge in [0.25, 0.3) is 11.8 Å². The molecule has 0 saturated carbocycles. The number of halogens is 1. The van der Waals surface area contributed by atoms with E-state index >= 15 is 0 Å². The van der Waals surface area contributed by atoms with Crippen LogP contribution >= 0.6 is 11.6 Å². The molecule has 24 heavy (non-hydrogen) atoms. The van der Waals surface area contributed by atoms with Crippen molar-refractivity contribution < 1.29 is 9.59 Å². The van der Waals surface area contributed by atoms with Gasteiger partial charge in [0.1, 0.15) is 5.70 Å². The first-order chi connectivity index (χ1) is 11.5. The van der Waals surface area contributed by atoms with Crippen LogP contribution in [0.2, 0.25) is 5.02 Å². The standard InChI is InChI=1S/C18H18ClN3O2/c1-22(2)21-18(24)16(12-13-8-10-15(19)11-9-13)20-17(23)14-6-4-3-5-7-14/h3-12H,1-2H3,(H,20,23)(H,21,24)/b16-12-. The quantitative estimate of drug-likeness (QED) is 0.648. The van der Waals surface area contributed by atoms with E-state index in [9.17, 15) is 9.59 Å². The van der Waals surface area contributed by atoms with Crippen molar-refractivity contribution in [1.29, 1.82) is 0 Å². The minimum atomic E-state index is -0.417. The van der Waals surface area contributed by atoms with Gasteiger partial charge in [0.15, 0.2) is 0 Å². The van der Waals surface area contributed by atoms with Crippen LogP contribution in [0.4, 0.5) is 0 Å². The van der Waals surface area contributed by atoms with Crippen LogP contribution in [0, 0.1) is 0 Å². The molecule has 2 amide bonds. The third-order valence-electron chi connectivity index (χ3n) is 3.03. The number of benzene rings is 2. The molecule has 124 valence electrons. The van der Waals surface area contributed by atoms with E-state index in [0.29, 0.717) is 10.6 Å². The van der Waals surface area contributed by atoms with Gasteiger partial charge in [-0.1, -0.05) is 41.9 Å². The Bertz CT molecular complexity index is 741. The first kappa shape index (κ1) is 17.7. The van der Waals surface area contributed by atoms with Crippen LogP contribution in [0.5, 0.6) is 0 Å². The molecule has 0 atom stereocenters. The molecule has 0 aliphatic rings. The predicted octanol–water partition coefficient (Wildman–Crippen LogP) is 2.70. The van der Waals surface area contributed by atoms with Crippen LogP contribution in [-0.2, 0) is 4.79 Å². The molecular formula is C18H18ClN3O2. The lowest BCUT2D eigenvalue weighted by molar-refractivity contribution is -0.121. The van der Waals surface area contributed by atoms with Gasteiger partial charge in [-0.25, -0.2) is 5.01 Å². The normalized spacial score (nSPS) is 11.2. The third-order valence-corrected chi connectivity index (χ3v) is 3.29.